The molecule has 1 N–H and O–H groups in total. The predicted octanol–water partition coefficient (Wildman–Crippen LogP) is 5.32. The van der Waals surface area contributed by atoms with Gasteiger partial charge in [0.15, 0.2) is 0 Å². The second kappa shape index (κ2) is 9.87. The second-order valence-electron chi connectivity index (χ2n) is 5.82. The van der Waals surface area contributed by atoms with Crippen LogP contribution in [0.25, 0.3) is 0 Å². The van der Waals surface area contributed by atoms with Crippen molar-refractivity contribution in [3.8, 4) is 0 Å². The van der Waals surface area contributed by atoms with E-state index in [0.29, 0.717) is 6.54 Å². The quantitative estimate of drug-likeness (QED) is 0.573. The number of rotatable bonds is 10. The fourth-order valence-corrected chi connectivity index (χ4v) is 2.23. The van der Waals surface area contributed by atoms with Crippen molar-refractivity contribution in [2.24, 2.45) is 5.92 Å². The minimum atomic E-state index is -2.38. The van der Waals surface area contributed by atoms with Crippen LogP contribution in [0.2, 0.25) is 0 Å². The highest BCUT2D eigenvalue weighted by Crippen LogP contribution is 2.19. The molecule has 114 valence electrons. The van der Waals surface area contributed by atoms with Crippen LogP contribution in [0.3, 0.4) is 0 Å². The number of unbranched alkanes of at least 4 members (excludes halogenated alkanes) is 3. The molecule has 1 aromatic rings. The fraction of sp³-hybridized carbons (Fsp3) is 0.647. The highest BCUT2D eigenvalue weighted by Gasteiger charge is 2.06. The van der Waals surface area contributed by atoms with Crippen molar-refractivity contribution < 1.29 is 8.78 Å². The first-order valence-corrected chi connectivity index (χ1v) is 7.67. The van der Waals surface area contributed by atoms with E-state index in [9.17, 15) is 8.78 Å². The molecule has 0 amide bonds. The van der Waals surface area contributed by atoms with Crippen LogP contribution in [0, 0.1) is 5.92 Å². The molecule has 0 aliphatic heterocycles. The third kappa shape index (κ3) is 7.59. The number of halogens is 2. The summed E-state index contributed by atoms with van der Waals surface area (Å²) in [6.07, 6.45) is 3.95. The lowest BCUT2D eigenvalue weighted by molar-refractivity contribution is 0.151. The molecule has 0 aliphatic rings. The van der Waals surface area contributed by atoms with Crippen LogP contribution in [0.4, 0.5) is 8.78 Å². The van der Waals surface area contributed by atoms with E-state index in [4.69, 9.17) is 0 Å². The highest BCUT2D eigenvalue weighted by molar-refractivity contribution is 5.24. The van der Waals surface area contributed by atoms with Crippen molar-refractivity contribution in [2.45, 2.75) is 58.9 Å². The summed E-state index contributed by atoms with van der Waals surface area (Å²) >= 11 is 0. The fourth-order valence-electron chi connectivity index (χ4n) is 2.23. The summed E-state index contributed by atoms with van der Waals surface area (Å²) in [5.41, 5.74) is 1.04. The van der Waals surface area contributed by atoms with Crippen LogP contribution >= 0.6 is 0 Å². The molecular weight excluding hydrogens is 256 g/mol. The number of benzene rings is 1. The standard InChI is InChI=1S/C17H27F2N/c1-14(2)8-5-3-4-6-11-20-13-15-9-7-10-16(12-15)17(18)19/h7,9-10,12,14,17,20H,3-6,8,11,13H2,1-2H3. The highest BCUT2D eigenvalue weighted by atomic mass is 19.3. The third-order valence-electron chi connectivity index (χ3n) is 3.42. The van der Waals surface area contributed by atoms with Crippen LogP contribution in [0.15, 0.2) is 24.3 Å². The Balaban J connectivity index is 2.08. The molecule has 1 aromatic carbocycles. The van der Waals surface area contributed by atoms with Crippen LogP contribution in [-0.4, -0.2) is 6.54 Å². The number of hydrogen-bond acceptors (Lipinski definition) is 1. The molecule has 1 nitrogen and oxygen atoms in total. The first-order chi connectivity index (χ1) is 9.59. The zero-order valence-corrected chi connectivity index (χ0v) is 12.7. The predicted molar refractivity (Wildman–Crippen MR) is 81.0 cm³/mol. The maximum absolute atomic E-state index is 12.5. The van der Waals surface area contributed by atoms with Gasteiger partial charge in [0, 0.05) is 12.1 Å². The first-order valence-electron chi connectivity index (χ1n) is 7.67. The number of alkyl halides is 2. The maximum Gasteiger partial charge on any atom is 0.263 e. The lowest BCUT2D eigenvalue weighted by Crippen LogP contribution is -2.14. The Hall–Kier alpha value is -0.960. The summed E-state index contributed by atoms with van der Waals surface area (Å²) in [6, 6.07) is 6.65. The zero-order valence-electron chi connectivity index (χ0n) is 12.7. The zero-order chi connectivity index (χ0) is 14.8. The van der Waals surface area contributed by atoms with Crippen molar-refractivity contribution >= 4 is 0 Å². The summed E-state index contributed by atoms with van der Waals surface area (Å²) in [6.45, 7) is 6.15. The van der Waals surface area contributed by atoms with Crippen molar-refractivity contribution in [3.63, 3.8) is 0 Å². The lowest BCUT2D eigenvalue weighted by atomic mass is 10.0. The summed E-state index contributed by atoms with van der Waals surface area (Å²) < 4.78 is 25.1. The topological polar surface area (TPSA) is 12.0 Å². The Bertz CT molecular complexity index is 364. The average Bonchev–Trinajstić information content (AvgIpc) is 2.41. The van der Waals surface area contributed by atoms with Crippen LogP contribution in [0.5, 0.6) is 0 Å². The van der Waals surface area contributed by atoms with Gasteiger partial charge in [0.05, 0.1) is 0 Å². The van der Waals surface area contributed by atoms with E-state index >= 15 is 0 Å². The van der Waals surface area contributed by atoms with Crippen molar-refractivity contribution in [2.75, 3.05) is 6.54 Å². The molecule has 20 heavy (non-hydrogen) atoms. The maximum atomic E-state index is 12.5. The molecule has 0 aromatic heterocycles. The molecule has 0 heterocycles. The second-order valence-corrected chi connectivity index (χ2v) is 5.82. The van der Waals surface area contributed by atoms with Gasteiger partial charge in [-0.25, -0.2) is 8.78 Å². The minimum absolute atomic E-state index is 0.109. The molecule has 0 radical (unpaired) electrons. The minimum Gasteiger partial charge on any atom is -0.313 e. The average molecular weight is 283 g/mol. The molecular formula is C17H27F2N. The van der Waals surface area contributed by atoms with E-state index in [1.165, 1.54) is 31.7 Å². The Morgan fingerprint density at radius 2 is 1.80 bits per heavy atom. The smallest absolute Gasteiger partial charge is 0.263 e. The SMILES string of the molecule is CC(C)CCCCCCNCc1cccc(C(F)F)c1. The molecule has 0 saturated heterocycles. The first kappa shape index (κ1) is 17.1. The van der Waals surface area contributed by atoms with Gasteiger partial charge in [0.25, 0.3) is 6.43 Å². The Morgan fingerprint density at radius 1 is 1.05 bits per heavy atom. The van der Waals surface area contributed by atoms with Gasteiger partial charge in [-0.1, -0.05) is 57.7 Å². The van der Waals surface area contributed by atoms with E-state index in [0.717, 1.165) is 24.4 Å². The monoisotopic (exact) mass is 283 g/mol. The molecule has 0 atom stereocenters. The Morgan fingerprint density at radius 3 is 2.50 bits per heavy atom. The van der Waals surface area contributed by atoms with Gasteiger partial charge in [-0.2, -0.15) is 0 Å². The van der Waals surface area contributed by atoms with Gasteiger partial charge in [-0.3, -0.25) is 0 Å². The summed E-state index contributed by atoms with van der Waals surface area (Å²) in [4.78, 5) is 0. The van der Waals surface area contributed by atoms with Gasteiger partial charge in [-0.05, 0) is 30.5 Å². The van der Waals surface area contributed by atoms with Crippen molar-refractivity contribution in [3.05, 3.63) is 35.4 Å². The van der Waals surface area contributed by atoms with Crippen LogP contribution in [-0.2, 0) is 6.54 Å². The third-order valence-corrected chi connectivity index (χ3v) is 3.42. The number of nitrogens with one attached hydrogen (secondary N) is 1. The van der Waals surface area contributed by atoms with Gasteiger partial charge >= 0.3 is 0 Å². The molecule has 0 bridgehead atoms. The van der Waals surface area contributed by atoms with E-state index in [1.807, 2.05) is 6.07 Å². The number of hydrogen-bond donors (Lipinski definition) is 1. The summed E-state index contributed by atoms with van der Waals surface area (Å²) in [5, 5.41) is 3.32. The Labute approximate surface area is 121 Å². The molecule has 0 fully saturated rings. The van der Waals surface area contributed by atoms with Crippen molar-refractivity contribution in [1.82, 2.24) is 5.32 Å². The molecule has 1 rings (SSSR count). The summed E-state index contributed by atoms with van der Waals surface area (Å²) in [7, 11) is 0. The normalized spacial score (nSPS) is 11.5. The Kier molecular flexibility index (Phi) is 8.43. The van der Waals surface area contributed by atoms with Gasteiger partial charge in [-0.15, -0.1) is 0 Å². The van der Waals surface area contributed by atoms with E-state index < -0.39 is 6.43 Å². The van der Waals surface area contributed by atoms with E-state index in [1.54, 1.807) is 12.1 Å². The molecule has 0 unspecified atom stereocenters. The van der Waals surface area contributed by atoms with Gasteiger partial charge < -0.3 is 5.32 Å². The molecule has 0 saturated carbocycles. The molecule has 3 heteroatoms. The lowest BCUT2D eigenvalue weighted by Gasteiger charge is -2.07. The molecule has 0 spiro atoms. The van der Waals surface area contributed by atoms with Crippen LogP contribution in [0.1, 0.15) is 63.5 Å². The summed E-state index contributed by atoms with van der Waals surface area (Å²) in [5.74, 6) is 0.801. The van der Waals surface area contributed by atoms with Gasteiger partial charge in [0.2, 0.25) is 0 Å². The van der Waals surface area contributed by atoms with Crippen LogP contribution < -0.4 is 5.32 Å². The van der Waals surface area contributed by atoms with E-state index in [2.05, 4.69) is 19.2 Å². The van der Waals surface area contributed by atoms with E-state index in [-0.39, 0.29) is 5.56 Å². The molecule has 0 aliphatic carbocycles. The van der Waals surface area contributed by atoms with Crippen molar-refractivity contribution in [1.29, 1.82) is 0 Å². The van der Waals surface area contributed by atoms with Gasteiger partial charge in [0.1, 0.15) is 0 Å². The largest absolute Gasteiger partial charge is 0.313 e.